The number of carbonyl (C=O) groups is 3. The van der Waals surface area contributed by atoms with Gasteiger partial charge >= 0.3 is 24.3 Å². The van der Waals surface area contributed by atoms with Gasteiger partial charge in [0, 0.05) is 30.0 Å². The lowest BCUT2D eigenvalue weighted by molar-refractivity contribution is -0.138. The first-order chi connectivity index (χ1) is 21.7. The second kappa shape index (κ2) is 12.2. The number of anilines is 2. The third kappa shape index (κ3) is 6.39. The fraction of sp³-hybridized carbons (Fsp3) is 0.182. The largest absolute Gasteiger partial charge is 0.478 e. The molecule has 0 unspecified atom stereocenters. The number of fused-ring (bicyclic) bond motifs is 2. The van der Waals surface area contributed by atoms with Gasteiger partial charge in [-0.15, -0.1) is 0 Å². The summed E-state index contributed by atoms with van der Waals surface area (Å²) in [6, 6.07) is 19.0. The van der Waals surface area contributed by atoms with E-state index in [1.165, 1.54) is 54.5 Å². The van der Waals surface area contributed by atoms with Crippen LogP contribution in [-0.4, -0.2) is 30.1 Å². The molecule has 0 aromatic heterocycles. The number of halogens is 6. The summed E-state index contributed by atoms with van der Waals surface area (Å²) in [6.45, 7) is 1.03. The maximum atomic E-state index is 12.6. The van der Waals surface area contributed by atoms with Crippen molar-refractivity contribution in [2.75, 3.05) is 16.9 Å². The van der Waals surface area contributed by atoms with Crippen LogP contribution in [0.25, 0.3) is 0 Å². The molecule has 0 saturated carbocycles. The van der Waals surface area contributed by atoms with Crippen LogP contribution in [0.2, 0.25) is 0 Å². The molecule has 46 heavy (non-hydrogen) atoms. The van der Waals surface area contributed by atoms with Crippen molar-refractivity contribution in [3.8, 4) is 0 Å². The Morgan fingerprint density at radius 2 is 1.24 bits per heavy atom. The fourth-order valence-corrected chi connectivity index (χ4v) is 5.34. The van der Waals surface area contributed by atoms with Gasteiger partial charge in [-0.05, 0) is 83.4 Å². The number of hydrogen-bond acceptors (Lipinski definition) is 5. The highest BCUT2D eigenvalue weighted by Crippen LogP contribution is 2.35. The SMILES string of the molecule is COC(=O)c1cccc2c1CN(c1ccc(C(F)(F)F)cc1)C2.O=C(O)c1cccc2c1CN(c1ccc(C(F)(F)F)cc1)C2=O. The van der Waals surface area contributed by atoms with Crippen LogP contribution in [0.4, 0.5) is 37.7 Å². The summed E-state index contributed by atoms with van der Waals surface area (Å²) in [5, 5.41) is 9.16. The molecule has 6 rings (SSSR count). The maximum absolute atomic E-state index is 12.6. The number of carboxylic acids is 1. The molecule has 4 aromatic rings. The molecule has 0 spiro atoms. The number of amides is 1. The molecule has 13 heteroatoms. The van der Waals surface area contributed by atoms with Gasteiger partial charge in [0.05, 0.1) is 35.9 Å². The monoisotopic (exact) mass is 642 g/mol. The molecule has 2 aliphatic heterocycles. The highest BCUT2D eigenvalue weighted by molar-refractivity contribution is 6.12. The molecule has 2 aliphatic rings. The number of rotatable bonds is 4. The van der Waals surface area contributed by atoms with Crippen LogP contribution in [0, 0.1) is 0 Å². The van der Waals surface area contributed by atoms with Gasteiger partial charge in [0.15, 0.2) is 0 Å². The molecule has 2 heterocycles. The Bertz CT molecular complexity index is 1800. The Labute approximate surface area is 258 Å². The second-order valence-corrected chi connectivity index (χ2v) is 10.4. The molecule has 238 valence electrons. The van der Waals surface area contributed by atoms with Crippen LogP contribution in [0.3, 0.4) is 0 Å². The highest BCUT2D eigenvalue weighted by atomic mass is 19.4. The number of ether oxygens (including phenoxy) is 1. The predicted molar refractivity (Wildman–Crippen MR) is 154 cm³/mol. The van der Waals surface area contributed by atoms with E-state index in [0.29, 0.717) is 29.9 Å². The van der Waals surface area contributed by atoms with Gasteiger partial charge in [0.2, 0.25) is 0 Å². The van der Waals surface area contributed by atoms with E-state index in [9.17, 15) is 40.7 Å². The molecule has 1 N–H and O–H groups in total. The van der Waals surface area contributed by atoms with E-state index in [2.05, 4.69) is 0 Å². The second-order valence-electron chi connectivity index (χ2n) is 10.4. The third-order valence-corrected chi connectivity index (χ3v) is 7.65. The van der Waals surface area contributed by atoms with Gasteiger partial charge in [-0.25, -0.2) is 9.59 Å². The lowest BCUT2D eigenvalue weighted by Gasteiger charge is -2.18. The lowest BCUT2D eigenvalue weighted by Crippen LogP contribution is -2.23. The Morgan fingerprint density at radius 3 is 1.78 bits per heavy atom. The zero-order chi connectivity index (χ0) is 33.4. The molecule has 0 aliphatic carbocycles. The summed E-state index contributed by atoms with van der Waals surface area (Å²) in [5.41, 5.74) is 2.47. The molecular weight excluding hydrogens is 618 g/mol. The molecule has 1 amide bonds. The van der Waals surface area contributed by atoms with Crippen molar-refractivity contribution in [3.63, 3.8) is 0 Å². The van der Waals surface area contributed by atoms with Crippen molar-refractivity contribution in [2.45, 2.75) is 32.0 Å². The number of alkyl halides is 6. The van der Waals surface area contributed by atoms with Crippen molar-refractivity contribution >= 4 is 29.2 Å². The Hall–Kier alpha value is -5.33. The first-order valence-corrected chi connectivity index (χ1v) is 13.6. The number of nitrogens with zero attached hydrogens (tertiary/aromatic N) is 2. The van der Waals surface area contributed by atoms with Crippen LogP contribution in [0.1, 0.15) is 58.9 Å². The summed E-state index contributed by atoms with van der Waals surface area (Å²) in [7, 11) is 1.32. The van der Waals surface area contributed by atoms with E-state index in [4.69, 9.17) is 9.84 Å². The minimum Gasteiger partial charge on any atom is -0.478 e. The van der Waals surface area contributed by atoms with Crippen molar-refractivity contribution < 1.29 is 50.6 Å². The summed E-state index contributed by atoms with van der Waals surface area (Å²) in [6.07, 6.45) is -8.79. The molecule has 0 saturated heterocycles. The van der Waals surface area contributed by atoms with E-state index >= 15 is 0 Å². The zero-order valence-corrected chi connectivity index (χ0v) is 23.9. The Kier molecular flexibility index (Phi) is 8.52. The van der Waals surface area contributed by atoms with Crippen LogP contribution >= 0.6 is 0 Å². The molecular formula is C33H24F6N2O5. The van der Waals surface area contributed by atoms with Gasteiger partial charge in [0.1, 0.15) is 0 Å². The third-order valence-electron chi connectivity index (χ3n) is 7.65. The standard InChI is InChI=1S/C17H14F3NO2.C16H10F3NO3/c1-23-16(22)14-4-2-3-11-9-21(10-15(11)14)13-7-5-12(6-8-13)17(18,19)20;17-16(18,19)9-4-6-10(7-5-9)20-8-13-11(14(20)21)2-1-3-12(13)15(22)23/h2-8H,9-10H2,1H3;1-7H,8H2,(H,22,23). The van der Waals surface area contributed by atoms with Gasteiger partial charge in [-0.1, -0.05) is 18.2 Å². The van der Waals surface area contributed by atoms with E-state index < -0.39 is 41.3 Å². The van der Waals surface area contributed by atoms with Crippen LogP contribution in [0.15, 0.2) is 84.9 Å². The van der Waals surface area contributed by atoms with E-state index in [1.807, 2.05) is 11.0 Å². The minimum absolute atomic E-state index is 0.0159. The number of esters is 1. The Balaban J connectivity index is 0.000000181. The summed E-state index contributed by atoms with van der Waals surface area (Å²) >= 11 is 0. The average Bonchev–Trinajstić information content (AvgIpc) is 3.61. The minimum atomic E-state index is -4.45. The maximum Gasteiger partial charge on any atom is 0.416 e. The topological polar surface area (TPSA) is 87.2 Å². The van der Waals surface area contributed by atoms with Gasteiger partial charge in [-0.2, -0.15) is 26.3 Å². The van der Waals surface area contributed by atoms with Crippen LogP contribution in [-0.2, 0) is 36.7 Å². The lowest BCUT2D eigenvalue weighted by atomic mass is 10.0. The number of benzene rings is 4. The molecule has 4 aromatic carbocycles. The molecule has 0 atom stereocenters. The van der Waals surface area contributed by atoms with Crippen molar-refractivity contribution in [3.05, 3.63) is 129 Å². The number of hydrogen-bond donors (Lipinski definition) is 1. The van der Waals surface area contributed by atoms with Crippen LogP contribution < -0.4 is 9.80 Å². The van der Waals surface area contributed by atoms with Gasteiger partial charge in [-0.3, -0.25) is 4.79 Å². The number of methoxy groups -OCH3 is 1. The van der Waals surface area contributed by atoms with E-state index in [0.717, 1.165) is 35.4 Å². The number of carboxylic acid groups (broad SMARTS) is 1. The summed E-state index contributed by atoms with van der Waals surface area (Å²) in [5.74, 6) is -1.98. The zero-order valence-electron chi connectivity index (χ0n) is 23.9. The number of aromatic carboxylic acids is 1. The van der Waals surface area contributed by atoms with Crippen molar-refractivity contribution in [2.24, 2.45) is 0 Å². The van der Waals surface area contributed by atoms with Crippen LogP contribution in [0.5, 0.6) is 0 Å². The molecule has 0 fully saturated rings. The molecule has 7 nitrogen and oxygen atoms in total. The molecule has 0 bridgehead atoms. The van der Waals surface area contributed by atoms with Crippen molar-refractivity contribution in [1.82, 2.24) is 0 Å². The highest BCUT2D eigenvalue weighted by Gasteiger charge is 2.34. The quantitative estimate of drug-likeness (QED) is 0.183. The summed E-state index contributed by atoms with van der Waals surface area (Å²) < 4.78 is 80.4. The first kappa shape index (κ1) is 32.1. The Morgan fingerprint density at radius 1 is 0.696 bits per heavy atom. The number of carbonyl (C=O) groups excluding carboxylic acids is 2. The van der Waals surface area contributed by atoms with E-state index in [1.54, 1.807) is 12.1 Å². The smallest absolute Gasteiger partial charge is 0.416 e. The normalized spacial score (nSPS) is 13.9. The first-order valence-electron chi connectivity index (χ1n) is 13.6. The van der Waals surface area contributed by atoms with Gasteiger partial charge in [0.25, 0.3) is 5.91 Å². The average molecular weight is 643 g/mol. The fourth-order valence-electron chi connectivity index (χ4n) is 5.34. The van der Waals surface area contributed by atoms with E-state index in [-0.39, 0.29) is 23.4 Å². The molecule has 0 radical (unpaired) electrons. The summed E-state index contributed by atoms with van der Waals surface area (Å²) in [4.78, 5) is 38.6. The van der Waals surface area contributed by atoms with Crippen molar-refractivity contribution in [1.29, 1.82) is 0 Å². The predicted octanol–water partition coefficient (Wildman–Crippen LogP) is 7.58. The van der Waals surface area contributed by atoms with Gasteiger partial charge < -0.3 is 19.6 Å².